The minimum Gasteiger partial charge on any atom is 0 e. The van der Waals surface area contributed by atoms with Gasteiger partial charge < -0.3 is 4.74 Å². The van der Waals surface area contributed by atoms with E-state index in [-0.39, 0.29) is 21.1 Å². The van der Waals surface area contributed by atoms with Gasteiger partial charge in [-0.05, 0) is 17.7 Å². The van der Waals surface area contributed by atoms with Crippen LogP contribution >= 0.6 is 12.2 Å². The molecular formula is C13H8O6SW. The molecule has 0 aliphatic heterocycles. The van der Waals surface area contributed by atoms with Gasteiger partial charge in [0.2, 0.25) is 0 Å². The SMILES string of the molecule is COc1ccc(C=S)cc1.[C-]#[O+].[C-]#[O+].[C-]#[O+].[C-]#[O+].[C-]#[O+].[W]. The van der Waals surface area contributed by atoms with Gasteiger partial charge in [-0.1, -0.05) is 24.4 Å². The molecule has 8 heteroatoms. The van der Waals surface area contributed by atoms with E-state index in [1.807, 2.05) is 24.3 Å². The Morgan fingerprint density at radius 1 is 0.810 bits per heavy atom. The van der Waals surface area contributed by atoms with Crippen molar-refractivity contribution in [1.29, 1.82) is 0 Å². The van der Waals surface area contributed by atoms with Crippen LogP contribution in [0.5, 0.6) is 5.75 Å². The van der Waals surface area contributed by atoms with Gasteiger partial charge in [0.25, 0.3) is 0 Å². The summed E-state index contributed by atoms with van der Waals surface area (Å²) in [4.78, 5) is 0. The molecule has 0 saturated carbocycles. The fraction of sp³-hybridized carbons (Fsp3) is 0.0769. The first-order valence-corrected chi connectivity index (χ1v) is 4.45. The monoisotopic (exact) mass is 476 g/mol. The average molecular weight is 476 g/mol. The van der Waals surface area contributed by atoms with Gasteiger partial charge in [-0.15, -0.1) is 0 Å². The van der Waals surface area contributed by atoms with Crippen molar-refractivity contribution in [3.8, 4) is 5.75 Å². The second kappa shape index (κ2) is 51.4. The van der Waals surface area contributed by atoms with Crippen molar-refractivity contribution < 1.29 is 49.1 Å². The molecule has 21 heavy (non-hydrogen) atoms. The zero-order valence-electron chi connectivity index (χ0n) is 10.7. The van der Waals surface area contributed by atoms with Gasteiger partial charge in [-0.2, -0.15) is 0 Å². The summed E-state index contributed by atoms with van der Waals surface area (Å²) in [5, 5.41) is 1.64. The maximum atomic E-state index is 7.50. The molecule has 1 aromatic rings. The van der Waals surface area contributed by atoms with Crippen molar-refractivity contribution in [3.05, 3.63) is 63.1 Å². The summed E-state index contributed by atoms with van der Waals surface area (Å²) >= 11 is 4.73. The van der Waals surface area contributed by atoms with E-state index in [0.717, 1.165) is 11.3 Å². The molecule has 0 atom stereocenters. The fourth-order valence-electron chi connectivity index (χ4n) is 0.682. The third-order valence-corrected chi connectivity index (χ3v) is 1.52. The number of rotatable bonds is 2. The summed E-state index contributed by atoms with van der Waals surface area (Å²) in [6.07, 6.45) is 0. The average Bonchev–Trinajstić information content (AvgIpc) is 2.63. The van der Waals surface area contributed by atoms with Crippen LogP contribution < -0.4 is 4.74 Å². The van der Waals surface area contributed by atoms with Gasteiger partial charge in [0.05, 0.1) is 7.11 Å². The van der Waals surface area contributed by atoms with E-state index in [1.54, 1.807) is 12.5 Å². The van der Waals surface area contributed by atoms with Crippen molar-refractivity contribution in [2.45, 2.75) is 0 Å². The number of thiocarbonyl (C=S) groups is 1. The van der Waals surface area contributed by atoms with Crippen LogP contribution in [0.25, 0.3) is 0 Å². The molecule has 1 rings (SSSR count). The van der Waals surface area contributed by atoms with Crippen LogP contribution in [0, 0.1) is 33.3 Å². The number of hydrogen-bond acceptors (Lipinski definition) is 2. The first-order valence-electron chi connectivity index (χ1n) is 3.98. The summed E-state index contributed by atoms with van der Waals surface area (Å²) in [5.41, 5.74) is 1.04. The predicted octanol–water partition coefficient (Wildman–Crippen LogP) is 1.85. The van der Waals surface area contributed by atoms with Gasteiger partial charge in [0, 0.05) is 26.4 Å². The molecule has 0 amide bonds. The molecule has 0 unspecified atom stereocenters. The molecule has 108 valence electrons. The molecule has 0 aliphatic carbocycles. The summed E-state index contributed by atoms with van der Waals surface area (Å²) in [6, 6.07) is 7.62. The molecular weight excluding hydrogens is 468 g/mol. The molecule has 1 aromatic carbocycles. The van der Waals surface area contributed by atoms with Crippen LogP contribution in [0.2, 0.25) is 0 Å². The van der Waals surface area contributed by atoms with Gasteiger partial charge in [-0.25, -0.2) is 0 Å². The normalized spacial score (nSPS) is 4.71. The minimum absolute atomic E-state index is 0. The largest absolute Gasteiger partial charge is 0 e. The predicted molar refractivity (Wildman–Crippen MR) is 65.4 cm³/mol. The van der Waals surface area contributed by atoms with Crippen LogP contribution in [-0.4, -0.2) is 12.5 Å². The molecule has 0 aliphatic rings. The molecule has 0 radical (unpaired) electrons. The summed E-state index contributed by atoms with van der Waals surface area (Å²) < 4.78 is 42.5. The molecule has 0 saturated heterocycles. The topological polar surface area (TPSA) is 109 Å². The first kappa shape index (κ1) is 36.6. The van der Waals surface area contributed by atoms with E-state index in [0.29, 0.717) is 0 Å². The van der Waals surface area contributed by atoms with Gasteiger partial charge in [0.15, 0.2) is 0 Å². The third-order valence-electron chi connectivity index (χ3n) is 1.25. The smallest absolute Gasteiger partial charge is 0 e. The summed E-state index contributed by atoms with van der Waals surface area (Å²) in [5.74, 6) is 0.862. The molecule has 0 bridgehead atoms. The van der Waals surface area contributed by atoms with Crippen molar-refractivity contribution >= 4 is 17.6 Å². The Balaban J connectivity index is -0.0000000440. The Bertz CT molecular complexity index is 371. The number of ether oxygens (including phenoxy) is 1. The molecule has 0 aromatic heterocycles. The molecule has 0 N–H and O–H groups in total. The second-order valence-electron chi connectivity index (χ2n) is 1.89. The second-order valence-corrected chi connectivity index (χ2v) is 2.13. The Hall–Kier alpha value is -1.50. The Morgan fingerprint density at radius 3 is 1.29 bits per heavy atom. The minimum atomic E-state index is 0. The zero-order valence-corrected chi connectivity index (χ0v) is 14.4. The third kappa shape index (κ3) is 32.2. The Kier molecular flexibility index (Phi) is 89.6. The van der Waals surface area contributed by atoms with E-state index in [2.05, 4.69) is 33.3 Å². The van der Waals surface area contributed by atoms with E-state index in [9.17, 15) is 0 Å². The maximum Gasteiger partial charge on any atom is 0 e. The van der Waals surface area contributed by atoms with Crippen molar-refractivity contribution in [2.75, 3.05) is 7.11 Å². The summed E-state index contributed by atoms with van der Waals surface area (Å²) in [6.45, 7) is 22.5. The zero-order chi connectivity index (χ0) is 17.4. The number of methoxy groups -OCH3 is 1. The maximum absolute atomic E-state index is 7.50. The fourth-order valence-corrected chi connectivity index (χ4v) is 0.840. The van der Waals surface area contributed by atoms with Crippen LogP contribution in [0.1, 0.15) is 5.56 Å². The van der Waals surface area contributed by atoms with Crippen molar-refractivity contribution in [3.63, 3.8) is 0 Å². The summed E-state index contributed by atoms with van der Waals surface area (Å²) in [7, 11) is 1.65. The molecule has 0 spiro atoms. The molecule has 0 heterocycles. The van der Waals surface area contributed by atoms with Gasteiger partial charge in [-0.3, -0.25) is 0 Å². The van der Waals surface area contributed by atoms with E-state index < -0.39 is 0 Å². The standard InChI is InChI=1S/C8H8OS.5CO.W/c1-9-8-4-2-7(6-10)3-5-8;5*1-2;/h2-6H,1H3;;;;;;. The van der Waals surface area contributed by atoms with Crippen LogP contribution in [-0.2, 0) is 44.3 Å². The van der Waals surface area contributed by atoms with E-state index in [1.165, 1.54) is 0 Å². The molecule has 6 nitrogen and oxygen atoms in total. The van der Waals surface area contributed by atoms with Crippen LogP contribution in [0.3, 0.4) is 0 Å². The van der Waals surface area contributed by atoms with Crippen LogP contribution in [0.15, 0.2) is 24.3 Å². The van der Waals surface area contributed by atoms with Crippen LogP contribution in [0.4, 0.5) is 0 Å². The van der Waals surface area contributed by atoms with E-state index >= 15 is 0 Å². The number of benzene rings is 1. The Labute approximate surface area is 142 Å². The number of hydrogen-bond donors (Lipinski definition) is 0. The molecule has 0 fully saturated rings. The van der Waals surface area contributed by atoms with Crippen molar-refractivity contribution in [2.24, 2.45) is 0 Å². The van der Waals surface area contributed by atoms with E-state index in [4.69, 9.17) is 40.2 Å². The van der Waals surface area contributed by atoms with Gasteiger partial charge >= 0.3 is 56.5 Å². The quantitative estimate of drug-likeness (QED) is 0.369. The van der Waals surface area contributed by atoms with Crippen molar-refractivity contribution in [1.82, 2.24) is 0 Å². The van der Waals surface area contributed by atoms with Gasteiger partial charge in [0.1, 0.15) is 5.75 Å². The Morgan fingerprint density at radius 2 is 1.10 bits per heavy atom. The first-order chi connectivity index (χ1) is 9.86.